The van der Waals surface area contributed by atoms with Crippen molar-refractivity contribution in [1.82, 2.24) is 0 Å². The molecular weight excluding hydrogens is 282 g/mol. The lowest BCUT2D eigenvalue weighted by Crippen LogP contribution is -2.15. The second-order valence-electron chi connectivity index (χ2n) is 6.41. The van der Waals surface area contributed by atoms with Crippen LogP contribution in [-0.4, -0.2) is 5.91 Å². The van der Waals surface area contributed by atoms with Crippen LogP contribution in [0, 0.1) is 6.92 Å². The monoisotopic (exact) mass is 309 g/mol. The first-order chi connectivity index (χ1) is 11.0. The van der Waals surface area contributed by atoms with Gasteiger partial charge in [0, 0.05) is 12.1 Å². The van der Waals surface area contributed by atoms with Crippen molar-refractivity contribution in [2.45, 2.75) is 52.9 Å². The van der Waals surface area contributed by atoms with Gasteiger partial charge in [-0.3, -0.25) is 4.79 Å². The number of hydrogen-bond acceptors (Lipinski definition) is 1. The third-order valence-corrected chi connectivity index (χ3v) is 4.26. The van der Waals surface area contributed by atoms with Gasteiger partial charge in [-0.2, -0.15) is 0 Å². The average molecular weight is 309 g/mol. The Kier molecular flexibility index (Phi) is 5.97. The number of hydrogen-bond donors (Lipinski definition) is 1. The first-order valence-corrected chi connectivity index (χ1v) is 8.48. The fraction of sp³-hybridized carbons (Fsp3) is 0.381. The molecule has 0 saturated carbocycles. The minimum atomic E-state index is 0.0840. The van der Waals surface area contributed by atoms with E-state index in [0.717, 1.165) is 24.1 Å². The zero-order valence-corrected chi connectivity index (χ0v) is 14.6. The zero-order valence-electron chi connectivity index (χ0n) is 14.6. The van der Waals surface area contributed by atoms with Gasteiger partial charge in [0.1, 0.15) is 0 Å². The van der Waals surface area contributed by atoms with Crippen LogP contribution in [-0.2, 0) is 17.6 Å². The molecule has 0 radical (unpaired) electrons. The van der Waals surface area contributed by atoms with Gasteiger partial charge in [0.15, 0.2) is 0 Å². The molecule has 0 aliphatic carbocycles. The summed E-state index contributed by atoms with van der Waals surface area (Å²) in [6, 6.07) is 14.7. The Morgan fingerprint density at radius 3 is 2.30 bits per heavy atom. The molecule has 0 aliphatic rings. The van der Waals surface area contributed by atoms with E-state index in [1.165, 1.54) is 16.7 Å². The smallest absolute Gasteiger partial charge is 0.224 e. The van der Waals surface area contributed by atoms with Gasteiger partial charge in [-0.25, -0.2) is 0 Å². The van der Waals surface area contributed by atoms with Gasteiger partial charge >= 0.3 is 0 Å². The van der Waals surface area contributed by atoms with Crippen molar-refractivity contribution in [3.63, 3.8) is 0 Å². The van der Waals surface area contributed by atoms with Gasteiger partial charge < -0.3 is 5.32 Å². The fourth-order valence-corrected chi connectivity index (χ4v) is 2.74. The molecular formula is C21H27NO. The molecule has 2 heteroatoms. The molecule has 122 valence electrons. The molecule has 0 spiro atoms. The number of rotatable bonds is 6. The van der Waals surface area contributed by atoms with Gasteiger partial charge in [-0.1, -0.05) is 63.2 Å². The van der Waals surface area contributed by atoms with Crippen molar-refractivity contribution in [2.75, 3.05) is 5.32 Å². The van der Waals surface area contributed by atoms with Crippen LogP contribution in [0.3, 0.4) is 0 Å². The van der Waals surface area contributed by atoms with Gasteiger partial charge in [0.25, 0.3) is 0 Å². The number of carbonyl (C=O) groups is 1. The van der Waals surface area contributed by atoms with Crippen LogP contribution >= 0.6 is 0 Å². The molecule has 0 atom stereocenters. The molecule has 2 rings (SSSR count). The molecule has 0 bridgehead atoms. The molecule has 0 aliphatic heterocycles. The molecule has 0 heterocycles. The summed E-state index contributed by atoms with van der Waals surface area (Å²) < 4.78 is 0. The Balaban J connectivity index is 1.99. The molecule has 23 heavy (non-hydrogen) atoms. The Hall–Kier alpha value is -2.09. The first kappa shape index (κ1) is 17.3. The molecule has 0 aromatic heterocycles. The van der Waals surface area contributed by atoms with Crippen molar-refractivity contribution < 1.29 is 4.79 Å². The van der Waals surface area contributed by atoms with E-state index in [9.17, 15) is 4.79 Å². The molecule has 2 aromatic carbocycles. The standard InChI is InChI=1S/C21H27NO/c1-5-17-9-11-18(12-10-17)13-14-20(23)22-21-16(4)7-6-8-19(21)15(2)3/h6-12,15H,5,13-14H2,1-4H3,(H,22,23). The van der Waals surface area contributed by atoms with Crippen LogP contribution in [0.5, 0.6) is 0 Å². The average Bonchev–Trinajstić information content (AvgIpc) is 2.55. The van der Waals surface area contributed by atoms with E-state index in [2.05, 4.69) is 62.5 Å². The Bertz CT molecular complexity index is 656. The highest BCUT2D eigenvalue weighted by molar-refractivity contribution is 5.92. The molecule has 2 nitrogen and oxygen atoms in total. The van der Waals surface area contributed by atoms with Crippen molar-refractivity contribution >= 4 is 11.6 Å². The van der Waals surface area contributed by atoms with Crippen LogP contribution in [0.25, 0.3) is 0 Å². The molecule has 1 amide bonds. The van der Waals surface area contributed by atoms with Gasteiger partial charge in [0.2, 0.25) is 5.91 Å². The first-order valence-electron chi connectivity index (χ1n) is 8.48. The quantitative estimate of drug-likeness (QED) is 0.775. The summed E-state index contributed by atoms with van der Waals surface area (Å²) in [5.74, 6) is 0.479. The molecule has 0 unspecified atom stereocenters. The second kappa shape index (κ2) is 7.96. The van der Waals surface area contributed by atoms with Crippen LogP contribution in [0.2, 0.25) is 0 Å². The number of anilines is 1. The highest BCUT2D eigenvalue weighted by atomic mass is 16.1. The summed E-state index contributed by atoms with van der Waals surface area (Å²) >= 11 is 0. The van der Waals surface area contributed by atoms with E-state index < -0.39 is 0 Å². The van der Waals surface area contributed by atoms with Gasteiger partial charge in [-0.05, 0) is 47.9 Å². The normalized spacial score (nSPS) is 10.8. The lowest BCUT2D eigenvalue weighted by molar-refractivity contribution is -0.116. The van der Waals surface area contributed by atoms with E-state index in [0.29, 0.717) is 12.3 Å². The predicted octanol–water partition coefficient (Wildman–Crippen LogP) is 5.25. The van der Waals surface area contributed by atoms with Crippen molar-refractivity contribution in [3.8, 4) is 0 Å². The van der Waals surface area contributed by atoms with Gasteiger partial charge in [0.05, 0.1) is 0 Å². The SMILES string of the molecule is CCc1ccc(CCC(=O)Nc2c(C)cccc2C(C)C)cc1. The minimum Gasteiger partial charge on any atom is -0.326 e. The summed E-state index contributed by atoms with van der Waals surface area (Å²) in [6.07, 6.45) is 2.34. The summed E-state index contributed by atoms with van der Waals surface area (Å²) in [5.41, 5.74) is 5.85. The highest BCUT2D eigenvalue weighted by Crippen LogP contribution is 2.27. The van der Waals surface area contributed by atoms with Crippen molar-refractivity contribution in [1.29, 1.82) is 0 Å². The van der Waals surface area contributed by atoms with E-state index in [1.54, 1.807) is 0 Å². The van der Waals surface area contributed by atoms with Crippen LogP contribution < -0.4 is 5.32 Å². The lowest BCUT2D eigenvalue weighted by Gasteiger charge is -2.16. The summed E-state index contributed by atoms with van der Waals surface area (Å²) in [7, 11) is 0. The fourth-order valence-electron chi connectivity index (χ4n) is 2.74. The number of amides is 1. The summed E-state index contributed by atoms with van der Waals surface area (Å²) in [6.45, 7) is 8.50. The Morgan fingerprint density at radius 1 is 1.04 bits per heavy atom. The molecule has 2 aromatic rings. The van der Waals surface area contributed by atoms with Gasteiger partial charge in [-0.15, -0.1) is 0 Å². The third kappa shape index (κ3) is 4.69. The van der Waals surface area contributed by atoms with E-state index >= 15 is 0 Å². The third-order valence-electron chi connectivity index (χ3n) is 4.26. The molecule has 0 fully saturated rings. The summed E-state index contributed by atoms with van der Waals surface area (Å²) in [5, 5.41) is 3.11. The zero-order chi connectivity index (χ0) is 16.8. The Morgan fingerprint density at radius 2 is 1.70 bits per heavy atom. The van der Waals surface area contributed by atoms with Crippen LogP contribution in [0.15, 0.2) is 42.5 Å². The van der Waals surface area contributed by atoms with Crippen LogP contribution in [0.1, 0.15) is 55.4 Å². The minimum absolute atomic E-state index is 0.0840. The van der Waals surface area contributed by atoms with E-state index in [-0.39, 0.29) is 5.91 Å². The molecule has 0 saturated heterocycles. The maximum Gasteiger partial charge on any atom is 0.224 e. The van der Waals surface area contributed by atoms with E-state index in [1.807, 2.05) is 13.0 Å². The number of nitrogens with one attached hydrogen (secondary N) is 1. The Labute approximate surface area is 139 Å². The van der Waals surface area contributed by atoms with E-state index in [4.69, 9.17) is 0 Å². The predicted molar refractivity (Wildman–Crippen MR) is 98.0 cm³/mol. The van der Waals surface area contributed by atoms with Crippen LogP contribution in [0.4, 0.5) is 5.69 Å². The number of para-hydroxylation sites is 1. The second-order valence-corrected chi connectivity index (χ2v) is 6.41. The largest absolute Gasteiger partial charge is 0.326 e. The highest BCUT2D eigenvalue weighted by Gasteiger charge is 2.12. The maximum atomic E-state index is 12.3. The summed E-state index contributed by atoms with van der Waals surface area (Å²) in [4.78, 5) is 12.3. The lowest BCUT2D eigenvalue weighted by atomic mass is 9.98. The van der Waals surface area contributed by atoms with Crippen molar-refractivity contribution in [3.05, 3.63) is 64.7 Å². The number of aryl methyl sites for hydroxylation is 3. The number of carbonyl (C=O) groups excluding carboxylic acids is 1. The maximum absolute atomic E-state index is 12.3. The topological polar surface area (TPSA) is 29.1 Å². The number of benzene rings is 2. The molecule has 1 N–H and O–H groups in total. The van der Waals surface area contributed by atoms with Crippen molar-refractivity contribution in [2.24, 2.45) is 0 Å².